The molecule has 0 saturated carbocycles. The van der Waals surface area contributed by atoms with Crippen molar-refractivity contribution in [3.05, 3.63) is 146 Å². The van der Waals surface area contributed by atoms with E-state index in [1.54, 1.807) is 0 Å². The van der Waals surface area contributed by atoms with Crippen molar-refractivity contribution in [1.29, 1.82) is 0 Å². The molecule has 6 aromatic heterocycles. The van der Waals surface area contributed by atoms with Crippen LogP contribution in [0.5, 0.6) is 0 Å². The Bertz CT molecular complexity index is 2660. The molecule has 2 saturated heterocycles. The number of aromatic amines is 1. The Kier molecular flexibility index (Phi) is 14.3. The van der Waals surface area contributed by atoms with E-state index in [0.29, 0.717) is 32.5 Å². The predicted molar refractivity (Wildman–Crippen MR) is 262 cm³/mol. The molecule has 2 aliphatic heterocycles. The fraction of sp³-hybridized carbons (Fsp3) is 0.429. The van der Waals surface area contributed by atoms with Crippen LogP contribution < -0.4 is 44.3 Å². The first kappa shape index (κ1) is 48.2. The zero-order chi connectivity index (χ0) is 48.1. The molecule has 0 aromatic carbocycles. The molecule has 8 heterocycles. The molecule has 12 heteroatoms. The van der Waals surface area contributed by atoms with Gasteiger partial charge in [-0.1, -0.05) is 0 Å². The lowest BCUT2D eigenvalue weighted by Gasteiger charge is -2.46. The summed E-state index contributed by atoms with van der Waals surface area (Å²) in [6, 6.07) is 25.8. The lowest BCUT2D eigenvalue weighted by Crippen LogP contribution is -2.62. The Morgan fingerprint density at radius 2 is 1.07 bits per heavy atom. The number of amides is 1. The van der Waals surface area contributed by atoms with E-state index >= 15 is 0 Å². The molecule has 0 atom stereocenters. The second-order valence-electron chi connectivity index (χ2n) is 21.9. The highest BCUT2D eigenvalue weighted by molar-refractivity contribution is 5.76. The van der Waals surface area contributed by atoms with Gasteiger partial charge < -0.3 is 26.0 Å². The SMILES string of the molecule is CC1(C)CC(N=C([O-])CC[n+]2ccc(-c3cc[n+](Cc4cc[nH+]c(-c5cc(C[n+]6ccc(-c7cc[n+](CCC(=O)NC8CC(C)(C)NC(C)(C)C8)cc7)cc6)ccn5)c4)cc3)cc2)CC(C)(C)N1. The van der Waals surface area contributed by atoms with Gasteiger partial charge in [0.1, 0.15) is 5.69 Å². The third-order valence-electron chi connectivity index (χ3n) is 13.2. The Hall–Kier alpha value is -6.24. The number of pyridine rings is 6. The number of nitrogens with one attached hydrogen (secondary N) is 4. The van der Waals surface area contributed by atoms with Gasteiger partial charge in [0.05, 0.1) is 12.5 Å². The van der Waals surface area contributed by atoms with Crippen molar-refractivity contribution in [2.75, 3.05) is 0 Å². The molecule has 354 valence electrons. The molecular formula is C56H72N10O2+4. The van der Waals surface area contributed by atoms with E-state index in [1.165, 1.54) is 5.56 Å². The quantitative estimate of drug-likeness (QED) is 0.0721. The third kappa shape index (κ3) is 13.5. The minimum Gasteiger partial charge on any atom is -0.862 e. The van der Waals surface area contributed by atoms with Gasteiger partial charge in [0, 0.05) is 113 Å². The van der Waals surface area contributed by atoms with Crippen LogP contribution >= 0.6 is 0 Å². The first-order chi connectivity index (χ1) is 32.3. The molecular weight excluding hydrogens is 845 g/mol. The Labute approximate surface area is 403 Å². The topological polar surface area (TPSA) is 131 Å². The summed E-state index contributed by atoms with van der Waals surface area (Å²) in [6.07, 6.45) is 25.0. The van der Waals surface area contributed by atoms with Gasteiger partial charge in [-0.2, -0.15) is 0 Å². The van der Waals surface area contributed by atoms with E-state index < -0.39 is 0 Å². The van der Waals surface area contributed by atoms with Gasteiger partial charge in [0.15, 0.2) is 82.0 Å². The molecule has 4 N–H and O–H groups in total. The van der Waals surface area contributed by atoms with Crippen LogP contribution in [-0.2, 0) is 31.0 Å². The van der Waals surface area contributed by atoms with Crippen LogP contribution in [0, 0.1) is 0 Å². The molecule has 2 aliphatic rings. The first-order valence-electron chi connectivity index (χ1n) is 24.4. The molecule has 1 amide bonds. The Morgan fingerprint density at radius 1 is 0.632 bits per heavy atom. The van der Waals surface area contributed by atoms with Gasteiger partial charge in [-0.3, -0.25) is 4.79 Å². The normalized spacial score (nSPS) is 18.0. The summed E-state index contributed by atoms with van der Waals surface area (Å²) in [5.41, 5.74) is 8.64. The minimum atomic E-state index is -0.0333. The number of H-pyrrole nitrogens is 1. The Balaban J connectivity index is 0.807. The number of hydrogen-bond donors (Lipinski definition) is 3. The number of aliphatic imine (C=N–C) groups is 1. The van der Waals surface area contributed by atoms with E-state index in [4.69, 9.17) is 4.98 Å². The zero-order valence-electron chi connectivity index (χ0n) is 41.4. The number of nitrogens with zero attached hydrogens (tertiary/aromatic N) is 6. The predicted octanol–water partition coefficient (Wildman–Crippen LogP) is 5.42. The Morgan fingerprint density at radius 3 is 1.57 bits per heavy atom. The number of rotatable bonds is 15. The van der Waals surface area contributed by atoms with E-state index in [1.807, 2.05) is 24.8 Å². The number of hydrogen-bond acceptors (Lipinski definition) is 6. The molecule has 0 spiro atoms. The highest BCUT2D eigenvalue weighted by Gasteiger charge is 2.39. The summed E-state index contributed by atoms with van der Waals surface area (Å²) in [5, 5.41) is 23.5. The van der Waals surface area contributed by atoms with Crippen LogP contribution in [0.2, 0.25) is 0 Å². The van der Waals surface area contributed by atoms with Crippen LogP contribution in [0.3, 0.4) is 0 Å². The fourth-order valence-corrected chi connectivity index (χ4v) is 10.8. The smallest absolute Gasteiger partial charge is 0.229 e. The number of piperidine rings is 2. The van der Waals surface area contributed by atoms with Crippen LogP contribution in [0.1, 0.15) is 105 Å². The fourth-order valence-electron chi connectivity index (χ4n) is 10.8. The lowest BCUT2D eigenvalue weighted by atomic mass is 9.79. The van der Waals surface area contributed by atoms with Crippen molar-refractivity contribution in [1.82, 2.24) is 20.9 Å². The van der Waals surface area contributed by atoms with Crippen molar-refractivity contribution < 1.29 is 33.2 Å². The summed E-state index contributed by atoms with van der Waals surface area (Å²) in [7, 11) is 0. The van der Waals surface area contributed by atoms with Gasteiger partial charge in [0.2, 0.25) is 11.6 Å². The number of carbonyl (C=O) groups is 1. The van der Waals surface area contributed by atoms with E-state index in [0.717, 1.165) is 71.4 Å². The number of aryl methyl sites for hydroxylation is 2. The van der Waals surface area contributed by atoms with Crippen molar-refractivity contribution in [3.63, 3.8) is 0 Å². The molecule has 0 aliphatic carbocycles. The van der Waals surface area contributed by atoms with E-state index in [-0.39, 0.29) is 46.0 Å². The summed E-state index contributed by atoms with van der Waals surface area (Å²) in [6.45, 7) is 20.3. The maximum atomic E-state index is 12.9. The average molecular weight is 917 g/mol. The highest BCUT2D eigenvalue weighted by atomic mass is 16.3. The maximum Gasteiger partial charge on any atom is 0.229 e. The standard InChI is InChI=1S/C56H70N10O2/c1-53(2)35-47(36-54(3,4)61-53)59-51(67)19-31-63-23-11-43(12-24-63)45-15-27-65(28-16-45)39-41-9-21-57-49(33-41)50-34-42(10-22-58-50)40-66-29-17-46(18-30-66)44-13-25-64(26-14-44)32-20-52(68)60-48-37-55(5,6)62-56(7,8)38-48/h9-18,21-30,33-34,47-48,61-62H,19-20,31-32,35-40H2,1-8H3/q+2/p+2. The van der Waals surface area contributed by atoms with Gasteiger partial charge in [0.25, 0.3) is 0 Å². The highest BCUT2D eigenvalue weighted by Crippen LogP contribution is 2.31. The largest absolute Gasteiger partial charge is 0.862 e. The maximum absolute atomic E-state index is 12.9. The van der Waals surface area contributed by atoms with E-state index in [2.05, 4.69) is 210 Å². The van der Waals surface area contributed by atoms with E-state index in [9.17, 15) is 9.90 Å². The molecule has 0 unspecified atom stereocenters. The van der Waals surface area contributed by atoms with Crippen molar-refractivity contribution >= 4 is 11.8 Å². The summed E-state index contributed by atoms with van der Waals surface area (Å²) in [5.74, 6) is 0.0855. The van der Waals surface area contributed by atoms with Crippen molar-refractivity contribution in [2.24, 2.45) is 4.99 Å². The second-order valence-corrected chi connectivity index (χ2v) is 21.9. The number of carbonyl (C=O) groups excluding carboxylic acids is 1. The molecule has 0 radical (unpaired) electrons. The van der Waals surface area contributed by atoms with Crippen molar-refractivity contribution in [2.45, 2.75) is 154 Å². The molecule has 2 fully saturated rings. The van der Waals surface area contributed by atoms with Gasteiger partial charge in [-0.05, 0) is 121 Å². The van der Waals surface area contributed by atoms with Gasteiger partial charge >= 0.3 is 0 Å². The monoisotopic (exact) mass is 917 g/mol. The lowest BCUT2D eigenvalue weighted by molar-refractivity contribution is -0.696. The molecule has 6 aromatic rings. The first-order valence-corrected chi connectivity index (χ1v) is 24.4. The van der Waals surface area contributed by atoms with Gasteiger partial charge in [-0.15, -0.1) is 0 Å². The second kappa shape index (κ2) is 20.2. The van der Waals surface area contributed by atoms with Crippen LogP contribution in [0.15, 0.2) is 140 Å². The van der Waals surface area contributed by atoms with Crippen LogP contribution in [0.4, 0.5) is 0 Å². The van der Waals surface area contributed by atoms with Crippen LogP contribution in [-0.4, -0.2) is 51.0 Å². The summed E-state index contributed by atoms with van der Waals surface area (Å²) >= 11 is 0. The molecule has 12 nitrogen and oxygen atoms in total. The molecule has 0 bridgehead atoms. The molecule has 68 heavy (non-hydrogen) atoms. The average Bonchev–Trinajstić information content (AvgIpc) is 3.27. The summed E-state index contributed by atoms with van der Waals surface area (Å²) in [4.78, 5) is 25.6. The zero-order valence-corrected chi connectivity index (χ0v) is 41.4. The minimum absolute atomic E-state index is 0.00260. The van der Waals surface area contributed by atoms with Crippen LogP contribution in [0.25, 0.3) is 33.6 Å². The third-order valence-corrected chi connectivity index (χ3v) is 13.2. The van der Waals surface area contributed by atoms with Crippen molar-refractivity contribution in [3.8, 4) is 33.6 Å². The number of aromatic nitrogens is 6. The van der Waals surface area contributed by atoms with Gasteiger partial charge in [-0.25, -0.2) is 28.2 Å². The molecule has 8 rings (SSSR count). The summed E-state index contributed by atoms with van der Waals surface area (Å²) < 4.78 is 8.50.